The zero-order valence-electron chi connectivity index (χ0n) is 12.8. The van der Waals surface area contributed by atoms with Crippen molar-refractivity contribution in [1.82, 2.24) is 4.90 Å². The van der Waals surface area contributed by atoms with E-state index in [0.717, 1.165) is 40.5 Å². The van der Waals surface area contributed by atoms with Gasteiger partial charge in [0.25, 0.3) is 5.91 Å². The van der Waals surface area contributed by atoms with Crippen LogP contribution in [-0.2, 0) is 0 Å². The number of hydrogen-bond acceptors (Lipinski definition) is 3. The quantitative estimate of drug-likeness (QED) is 0.924. The van der Waals surface area contributed by atoms with Crippen molar-refractivity contribution in [1.29, 1.82) is 0 Å². The van der Waals surface area contributed by atoms with Gasteiger partial charge in [0.15, 0.2) is 5.76 Å². The molecule has 1 amide bonds. The van der Waals surface area contributed by atoms with Gasteiger partial charge in [-0.15, -0.1) is 0 Å². The Kier molecular flexibility index (Phi) is 3.49. The standard InChI is InChI=1S/C17H21NO3/c1-10-6-7-11(2)15-14(10)12(3)16(21-15)17(20)18-8-4-5-13(18)9-19/h6-7,13,19H,4-5,8-9H2,1-3H3/t13-/m1/s1. The molecule has 2 aromatic rings. The predicted molar refractivity (Wildman–Crippen MR) is 81.6 cm³/mol. The van der Waals surface area contributed by atoms with Crippen molar-refractivity contribution in [2.45, 2.75) is 39.7 Å². The van der Waals surface area contributed by atoms with Crippen LogP contribution in [0, 0.1) is 20.8 Å². The largest absolute Gasteiger partial charge is 0.450 e. The zero-order valence-corrected chi connectivity index (χ0v) is 12.8. The van der Waals surface area contributed by atoms with Crippen LogP contribution in [0.1, 0.15) is 40.1 Å². The maximum Gasteiger partial charge on any atom is 0.290 e. The van der Waals surface area contributed by atoms with Gasteiger partial charge in [-0.2, -0.15) is 0 Å². The Morgan fingerprint density at radius 2 is 2.05 bits per heavy atom. The van der Waals surface area contributed by atoms with Gasteiger partial charge in [-0.05, 0) is 44.7 Å². The van der Waals surface area contributed by atoms with Crippen LogP contribution < -0.4 is 0 Å². The average Bonchev–Trinajstić information content (AvgIpc) is 3.07. The molecule has 2 heterocycles. The average molecular weight is 287 g/mol. The van der Waals surface area contributed by atoms with Crippen molar-refractivity contribution < 1.29 is 14.3 Å². The Balaban J connectivity index is 2.09. The first kappa shape index (κ1) is 14.1. The lowest BCUT2D eigenvalue weighted by atomic mass is 10.0. The lowest BCUT2D eigenvalue weighted by Gasteiger charge is -2.22. The molecule has 1 N–H and O–H groups in total. The maximum atomic E-state index is 12.8. The van der Waals surface area contributed by atoms with E-state index in [-0.39, 0.29) is 18.6 Å². The van der Waals surface area contributed by atoms with Crippen LogP contribution in [0.4, 0.5) is 0 Å². The number of aliphatic hydroxyl groups excluding tert-OH is 1. The second-order valence-corrected chi connectivity index (χ2v) is 5.94. The van der Waals surface area contributed by atoms with Gasteiger partial charge in [0.1, 0.15) is 5.58 Å². The molecule has 1 saturated heterocycles. The van der Waals surface area contributed by atoms with Crippen LogP contribution in [0.15, 0.2) is 16.5 Å². The molecule has 4 nitrogen and oxygen atoms in total. The lowest BCUT2D eigenvalue weighted by molar-refractivity contribution is 0.0647. The molecule has 0 saturated carbocycles. The Hall–Kier alpha value is -1.81. The van der Waals surface area contributed by atoms with E-state index < -0.39 is 0 Å². The van der Waals surface area contributed by atoms with Gasteiger partial charge in [0.05, 0.1) is 12.6 Å². The number of benzene rings is 1. The summed E-state index contributed by atoms with van der Waals surface area (Å²) in [6.45, 7) is 6.67. The molecular formula is C17H21NO3. The molecule has 1 aromatic heterocycles. The fourth-order valence-electron chi connectivity index (χ4n) is 3.30. The SMILES string of the molecule is Cc1ccc(C)c2c(C)c(C(=O)N3CCC[C@@H]3CO)oc12. The summed E-state index contributed by atoms with van der Waals surface area (Å²) in [5, 5.41) is 10.4. The third kappa shape index (κ3) is 2.14. The third-order valence-electron chi connectivity index (χ3n) is 4.53. The molecule has 1 fully saturated rings. The number of likely N-dealkylation sites (tertiary alicyclic amines) is 1. The minimum absolute atomic E-state index is 0.0169. The fourth-order valence-corrected chi connectivity index (χ4v) is 3.30. The van der Waals surface area contributed by atoms with Gasteiger partial charge in [-0.25, -0.2) is 0 Å². The third-order valence-corrected chi connectivity index (χ3v) is 4.53. The van der Waals surface area contributed by atoms with Gasteiger partial charge in [0, 0.05) is 17.5 Å². The minimum Gasteiger partial charge on any atom is -0.450 e. The van der Waals surface area contributed by atoms with Crippen molar-refractivity contribution in [3.05, 3.63) is 34.6 Å². The monoisotopic (exact) mass is 287 g/mol. The van der Waals surface area contributed by atoms with Crippen LogP contribution in [-0.4, -0.2) is 35.1 Å². The minimum atomic E-state index is -0.0981. The number of furan rings is 1. The second kappa shape index (κ2) is 5.19. The van der Waals surface area contributed by atoms with Crippen LogP contribution in [0.25, 0.3) is 11.0 Å². The number of carbonyl (C=O) groups excluding carboxylic acids is 1. The summed E-state index contributed by atoms with van der Waals surface area (Å²) in [6.07, 6.45) is 1.80. The van der Waals surface area contributed by atoms with E-state index in [9.17, 15) is 9.90 Å². The molecular weight excluding hydrogens is 266 g/mol. The van der Waals surface area contributed by atoms with Crippen molar-refractivity contribution in [3.8, 4) is 0 Å². The normalized spacial score (nSPS) is 18.7. The number of aliphatic hydroxyl groups is 1. The summed E-state index contributed by atoms with van der Waals surface area (Å²) in [5.41, 5.74) is 3.87. The topological polar surface area (TPSA) is 53.7 Å². The summed E-state index contributed by atoms with van der Waals surface area (Å²) in [6, 6.07) is 3.99. The highest BCUT2D eigenvalue weighted by Crippen LogP contribution is 2.32. The summed E-state index contributed by atoms with van der Waals surface area (Å²) in [7, 11) is 0. The van der Waals surface area contributed by atoms with Crippen LogP contribution in [0.3, 0.4) is 0 Å². The number of rotatable bonds is 2. The molecule has 0 aliphatic carbocycles. The molecule has 1 aliphatic heterocycles. The highest BCUT2D eigenvalue weighted by molar-refractivity contribution is 6.00. The van der Waals surface area contributed by atoms with Crippen molar-refractivity contribution >= 4 is 16.9 Å². The van der Waals surface area contributed by atoms with Gasteiger partial charge in [-0.1, -0.05) is 12.1 Å². The highest BCUT2D eigenvalue weighted by Gasteiger charge is 2.32. The first-order chi connectivity index (χ1) is 10.0. The maximum absolute atomic E-state index is 12.8. The van der Waals surface area contributed by atoms with Gasteiger partial charge in [0.2, 0.25) is 0 Å². The molecule has 3 rings (SSSR count). The number of hydrogen-bond donors (Lipinski definition) is 1. The smallest absolute Gasteiger partial charge is 0.290 e. The Morgan fingerprint density at radius 1 is 1.33 bits per heavy atom. The summed E-state index contributed by atoms with van der Waals surface area (Å²) in [4.78, 5) is 14.5. The number of fused-ring (bicyclic) bond motifs is 1. The molecule has 112 valence electrons. The van der Waals surface area contributed by atoms with Crippen LogP contribution >= 0.6 is 0 Å². The van der Waals surface area contributed by atoms with E-state index in [1.165, 1.54) is 0 Å². The number of nitrogens with zero attached hydrogens (tertiary/aromatic N) is 1. The Morgan fingerprint density at radius 3 is 2.71 bits per heavy atom. The van der Waals surface area contributed by atoms with E-state index in [2.05, 4.69) is 6.07 Å². The number of amides is 1. The van der Waals surface area contributed by atoms with E-state index >= 15 is 0 Å². The van der Waals surface area contributed by atoms with Crippen molar-refractivity contribution in [3.63, 3.8) is 0 Å². The van der Waals surface area contributed by atoms with E-state index in [0.29, 0.717) is 12.3 Å². The van der Waals surface area contributed by atoms with Crippen LogP contribution in [0.2, 0.25) is 0 Å². The summed E-state index contributed by atoms with van der Waals surface area (Å²) >= 11 is 0. The highest BCUT2D eigenvalue weighted by atomic mass is 16.3. The molecule has 21 heavy (non-hydrogen) atoms. The van der Waals surface area contributed by atoms with Gasteiger partial charge < -0.3 is 14.4 Å². The van der Waals surface area contributed by atoms with E-state index in [4.69, 9.17) is 4.42 Å². The lowest BCUT2D eigenvalue weighted by Crippen LogP contribution is -2.37. The molecule has 4 heteroatoms. The first-order valence-corrected chi connectivity index (χ1v) is 7.45. The Labute approximate surface area is 124 Å². The molecule has 1 atom stereocenters. The molecule has 0 bridgehead atoms. The fraction of sp³-hybridized carbons (Fsp3) is 0.471. The molecule has 0 radical (unpaired) electrons. The molecule has 0 spiro atoms. The first-order valence-electron chi connectivity index (χ1n) is 7.45. The Bertz CT molecular complexity index is 702. The van der Waals surface area contributed by atoms with Gasteiger partial charge >= 0.3 is 0 Å². The summed E-state index contributed by atoms with van der Waals surface area (Å²) in [5.74, 6) is 0.321. The number of carbonyl (C=O) groups is 1. The number of aryl methyl sites for hydroxylation is 3. The molecule has 1 aliphatic rings. The summed E-state index contributed by atoms with van der Waals surface area (Å²) < 4.78 is 5.90. The van der Waals surface area contributed by atoms with Crippen molar-refractivity contribution in [2.24, 2.45) is 0 Å². The second-order valence-electron chi connectivity index (χ2n) is 5.94. The van der Waals surface area contributed by atoms with Crippen LogP contribution in [0.5, 0.6) is 0 Å². The van der Waals surface area contributed by atoms with E-state index in [1.807, 2.05) is 26.8 Å². The van der Waals surface area contributed by atoms with E-state index in [1.54, 1.807) is 4.90 Å². The molecule has 0 unspecified atom stereocenters. The van der Waals surface area contributed by atoms with Gasteiger partial charge in [-0.3, -0.25) is 4.79 Å². The molecule has 1 aromatic carbocycles. The predicted octanol–water partition coefficient (Wildman–Crippen LogP) is 2.95. The van der Waals surface area contributed by atoms with Crippen molar-refractivity contribution in [2.75, 3.05) is 13.2 Å². The zero-order chi connectivity index (χ0) is 15.1.